The van der Waals surface area contributed by atoms with Crippen LogP contribution in [0.4, 0.5) is 11.4 Å². The number of anilines is 2. The first kappa shape index (κ1) is 19.5. The fourth-order valence-corrected chi connectivity index (χ4v) is 3.07. The summed E-state index contributed by atoms with van der Waals surface area (Å²) in [4.78, 5) is 31.0. The molecule has 0 aliphatic carbocycles. The largest absolute Gasteiger partial charge is 0.325 e. The van der Waals surface area contributed by atoms with E-state index in [1.807, 2.05) is 35.0 Å². The molecular formula is C20H24N6O2. The zero-order valence-electron chi connectivity index (χ0n) is 16.7. The highest BCUT2D eigenvalue weighted by molar-refractivity contribution is 6.12. The first-order valence-electron chi connectivity index (χ1n) is 8.91. The van der Waals surface area contributed by atoms with Crippen LogP contribution in [-0.2, 0) is 11.8 Å². The molecule has 2 N–H and O–H groups in total. The molecule has 0 fully saturated rings. The molecule has 0 saturated heterocycles. The van der Waals surface area contributed by atoms with Crippen LogP contribution in [0.1, 0.15) is 21.7 Å². The van der Waals surface area contributed by atoms with Gasteiger partial charge in [-0.2, -0.15) is 5.10 Å². The van der Waals surface area contributed by atoms with Crippen molar-refractivity contribution < 1.29 is 9.59 Å². The van der Waals surface area contributed by atoms with Crippen LogP contribution in [0.15, 0.2) is 30.3 Å². The lowest BCUT2D eigenvalue weighted by Crippen LogP contribution is -2.27. The number of aryl methyl sites for hydroxylation is 3. The molecule has 1 aromatic carbocycles. The predicted molar refractivity (Wildman–Crippen MR) is 110 cm³/mol. The van der Waals surface area contributed by atoms with Crippen LogP contribution in [0.25, 0.3) is 11.0 Å². The Labute approximate surface area is 163 Å². The van der Waals surface area contributed by atoms with Gasteiger partial charge in [-0.15, -0.1) is 0 Å². The van der Waals surface area contributed by atoms with E-state index in [4.69, 9.17) is 0 Å². The van der Waals surface area contributed by atoms with Gasteiger partial charge in [0.15, 0.2) is 5.65 Å². The van der Waals surface area contributed by atoms with Crippen LogP contribution < -0.4 is 10.6 Å². The molecule has 0 aliphatic heterocycles. The molecule has 8 heteroatoms. The third-order valence-electron chi connectivity index (χ3n) is 4.23. The second-order valence-corrected chi connectivity index (χ2v) is 7.04. The van der Waals surface area contributed by atoms with Crippen molar-refractivity contribution in [2.75, 3.05) is 31.3 Å². The number of benzene rings is 1. The third kappa shape index (κ3) is 4.17. The Morgan fingerprint density at radius 2 is 1.68 bits per heavy atom. The maximum Gasteiger partial charge on any atom is 0.256 e. The highest BCUT2D eigenvalue weighted by atomic mass is 16.2. The summed E-state index contributed by atoms with van der Waals surface area (Å²) < 4.78 is 1.68. The zero-order chi connectivity index (χ0) is 20.4. The second-order valence-electron chi connectivity index (χ2n) is 7.04. The average molecular weight is 380 g/mol. The van der Waals surface area contributed by atoms with Gasteiger partial charge in [-0.1, -0.05) is 0 Å². The highest BCUT2D eigenvalue weighted by Crippen LogP contribution is 2.23. The maximum atomic E-state index is 12.9. The lowest BCUT2D eigenvalue weighted by atomic mass is 10.1. The van der Waals surface area contributed by atoms with E-state index in [-0.39, 0.29) is 11.8 Å². The van der Waals surface area contributed by atoms with Gasteiger partial charge in [0.2, 0.25) is 5.91 Å². The lowest BCUT2D eigenvalue weighted by Gasteiger charge is -2.11. The zero-order valence-corrected chi connectivity index (χ0v) is 16.7. The molecule has 3 aromatic rings. The SMILES string of the molecule is Cc1cc(C(=O)Nc2ccc(NC(=O)CN(C)C)cc2)c2c(C)nn(C)c2n1. The van der Waals surface area contributed by atoms with Crippen LogP contribution in [0.2, 0.25) is 0 Å². The number of pyridine rings is 1. The first-order valence-corrected chi connectivity index (χ1v) is 8.91. The van der Waals surface area contributed by atoms with Gasteiger partial charge in [0.05, 0.1) is 23.2 Å². The quantitative estimate of drug-likeness (QED) is 0.709. The van der Waals surface area contributed by atoms with Crippen LogP contribution >= 0.6 is 0 Å². The minimum atomic E-state index is -0.226. The van der Waals surface area contributed by atoms with E-state index >= 15 is 0 Å². The summed E-state index contributed by atoms with van der Waals surface area (Å²) in [5.74, 6) is -0.320. The summed E-state index contributed by atoms with van der Waals surface area (Å²) in [7, 11) is 5.48. The number of rotatable bonds is 5. The third-order valence-corrected chi connectivity index (χ3v) is 4.23. The van der Waals surface area contributed by atoms with Crippen LogP contribution in [-0.4, -0.2) is 52.1 Å². The van der Waals surface area contributed by atoms with E-state index in [0.29, 0.717) is 29.1 Å². The van der Waals surface area contributed by atoms with Crippen molar-refractivity contribution in [3.8, 4) is 0 Å². The van der Waals surface area contributed by atoms with Gasteiger partial charge in [-0.25, -0.2) is 4.98 Å². The van der Waals surface area contributed by atoms with Crippen molar-refractivity contribution in [3.63, 3.8) is 0 Å². The molecular weight excluding hydrogens is 356 g/mol. The summed E-state index contributed by atoms with van der Waals surface area (Å²) >= 11 is 0. The molecule has 3 rings (SSSR count). The molecule has 2 heterocycles. The number of fused-ring (bicyclic) bond motifs is 1. The molecule has 0 unspecified atom stereocenters. The maximum absolute atomic E-state index is 12.9. The van der Waals surface area contributed by atoms with Crippen LogP contribution in [0, 0.1) is 13.8 Å². The number of carbonyl (C=O) groups is 2. The minimum Gasteiger partial charge on any atom is -0.325 e. The number of nitrogens with one attached hydrogen (secondary N) is 2. The number of aromatic nitrogens is 3. The summed E-state index contributed by atoms with van der Waals surface area (Å²) in [6.07, 6.45) is 0. The fraction of sp³-hybridized carbons (Fsp3) is 0.300. The van der Waals surface area contributed by atoms with Crippen molar-refractivity contribution in [3.05, 3.63) is 47.3 Å². The summed E-state index contributed by atoms with van der Waals surface area (Å²) in [5.41, 5.74) is 4.04. The van der Waals surface area contributed by atoms with E-state index in [1.165, 1.54) is 0 Å². The van der Waals surface area contributed by atoms with E-state index in [0.717, 1.165) is 16.8 Å². The number of hydrogen-bond acceptors (Lipinski definition) is 5. The molecule has 0 bridgehead atoms. The van der Waals surface area contributed by atoms with E-state index in [2.05, 4.69) is 20.7 Å². The molecule has 0 spiro atoms. The molecule has 8 nitrogen and oxygen atoms in total. The van der Waals surface area contributed by atoms with Gasteiger partial charge in [0.1, 0.15) is 0 Å². The van der Waals surface area contributed by atoms with Gasteiger partial charge in [0, 0.05) is 24.1 Å². The molecule has 0 saturated carbocycles. The smallest absolute Gasteiger partial charge is 0.256 e. The Balaban J connectivity index is 1.79. The molecule has 0 radical (unpaired) electrons. The number of carbonyl (C=O) groups excluding carboxylic acids is 2. The normalized spacial score (nSPS) is 11.1. The van der Waals surface area contributed by atoms with Crippen molar-refractivity contribution in [2.24, 2.45) is 7.05 Å². The highest BCUT2D eigenvalue weighted by Gasteiger charge is 2.18. The Hall–Kier alpha value is -3.26. The van der Waals surface area contributed by atoms with Gasteiger partial charge < -0.3 is 15.5 Å². The minimum absolute atomic E-state index is 0.0940. The number of amides is 2. The van der Waals surface area contributed by atoms with Crippen LogP contribution in [0.5, 0.6) is 0 Å². The van der Waals surface area contributed by atoms with Crippen molar-refractivity contribution >= 4 is 34.2 Å². The molecule has 2 amide bonds. The summed E-state index contributed by atoms with van der Waals surface area (Å²) in [5, 5.41) is 10.8. The van der Waals surface area contributed by atoms with E-state index in [1.54, 1.807) is 39.9 Å². The van der Waals surface area contributed by atoms with E-state index < -0.39 is 0 Å². The molecule has 146 valence electrons. The van der Waals surface area contributed by atoms with Crippen molar-refractivity contribution in [1.29, 1.82) is 0 Å². The Morgan fingerprint density at radius 1 is 1.07 bits per heavy atom. The standard InChI is InChI=1S/C20H24N6O2/c1-12-10-16(18-13(2)24-26(5)19(18)21-12)20(28)23-15-8-6-14(7-9-15)22-17(27)11-25(3)4/h6-10H,11H2,1-5H3,(H,22,27)(H,23,28). The monoisotopic (exact) mass is 380 g/mol. The summed E-state index contributed by atoms with van der Waals surface area (Å²) in [6.45, 7) is 4.02. The Kier molecular flexibility index (Phi) is 5.41. The van der Waals surface area contributed by atoms with Gasteiger partial charge in [0.25, 0.3) is 5.91 Å². The van der Waals surface area contributed by atoms with Gasteiger partial charge in [-0.3, -0.25) is 14.3 Å². The molecule has 0 atom stereocenters. The average Bonchev–Trinajstić information content (AvgIpc) is 2.89. The van der Waals surface area contributed by atoms with Crippen LogP contribution in [0.3, 0.4) is 0 Å². The Morgan fingerprint density at radius 3 is 2.29 bits per heavy atom. The second kappa shape index (κ2) is 7.77. The molecule has 2 aromatic heterocycles. The summed E-state index contributed by atoms with van der Waals surface area (Å²) in [6, 6.07) is 8.79. The predicted octanol–water partition coefficient (Wildman–Crippen LogP) is 2.34. The topological polar surface area (TPSA) is 92.2 Å². The fourth-order valence-electron chi connectivity index (χ4n) is 3.07. The Bertz CT molecular complexity index is 1040. The van der Waals surface area contributed by atoms with Crippen molar-refractivity contribution in [2.45, 2.75) is 13.8 Å². The number of likely N-dealkylation sites (N-methyl/N-ethyl adjacent to an activating group) is 1. The molecule has 28 heavy (non-hydrogen) atoms. The van der Waals surface area contributed by atoms with E-state index in [9.17, 15) is 9.59 Å². The lowest BCUT2D eigenvalue weighted by molar-refractivity contribution is -0.116. The molecule has 0 aliphatic rings. The number of nitrogens with zero attached hydrogens (tertiary/aromatic N) is 4. The van der Waals surface area contributed by atoms with Gasteiger partial charge >= 0.3 is 0 Å². The number of hydrogen-bond donors (Lipinski definition) is 2. The van der Waals surface area contributed by atoms with Crippen molar-refractivity contribution in [1.82, 2.24) is 19.7 Å². The van der Waals surface area contributed by atoms with Gasteiger partial charge in [-0.05, 0) is 58.3 Å². The first-order chi connectivity index (χ1) is 13.2.